The highest BCUT2D eigenvalue weighted by Gasteiger charge is 2.11. The number of halogens is 2. The second kappa shape index (κ2) is 6.48. The molecule has 17 heavy (non-hydrogen) atoms. The van der Waals surface area contributed by atoms with Crippen molar-refractivity contribution in [3.63, 3.8) is 0 Å². The molecule has 0 radical (unpaired) electrons. The van der Waals surface area contributed by atoms with E-state index in [1.54, 1.807) is 18.2 Å². The van der Waals surface area contributed by atoms with Crippen LogP contribution in [0.5, 0.6) is 5.75 Å². The third-order valence-corrected chi connectivity index (χ3v) is 2.31. The molecule has 0 unspecified atom stereocenters. The van der Waals surface area contributed by atoms with Gasteiger partial charge in [-0.2, -0.15) is 0 Å². The summed E-state index contributed by atoms with van der Waals surface area (Å²) in [6, 6.07) is 4.79. The van der Waals surface area contributed by atoms with Crippen LogP contribution < -0.4 is 4.74 Å². The zero-order chi connectivity index (χ0) is 12.8. The predicted molar refractivity (Wildman–Crippen MR) is 60.9 cm³/mol. The molecular weight excluding hydrogens is 273 g/mol. The number of aliphatic hydroxyl groups is 1. The fourth-order valence-electron chi connectivity index (χ4n) is 0.995. The molecule has 0 bridgehead atoms. The summed E-state index contributed by atoms with van der Waals surface area (Å²) in [5.41, 5.74) is 0. The lowest BCUT2D eigenvalue weighted by Crippen LogP contribution is -2.25. The lowest BCUT2D eigenvalue weighted by Gasteiger charge is -2.13. The number of hydrogen-bond acceptors (Lipinski definition) is 5. The number of ether oxygens (including phenoxy) is 1. The van der Waals surface area contributed by atoms with Crippen LogP contribution in [-0.4, -0.2) is 29.5 Å². The van der Waals surface area contributed by atoms with Gasteiger partial charge >= 0.3 is 0 Å². The van der Waals surface area contributed by atoms with Crippen molar-refractivity contribution in [2.45, 2.75) is 6.10 Å². The van der Waals surface area contributed by atoms with E-state index in [2.05, 4.69) is 4.84 Å². The van der Waals surface area contributed by atoms with Crippen LogP contribution in [0.25, 0.3) is 0 Å². The summed E-state index contributed by atoms with van der Waals surface area (Å²) in [5.74, 6) is 0.219. The molecule has 1 aromatic carbocycles. The quantitative estimate of drug-likeness (QED) is 0.637. The van der Waals surface area contributed by atoms with E-state index in [1.165, 1.54) is 0 Å². The first-order valence-corrected chi connectivity index (χ1v) is 5.28. The average Bonchev–Trinajstić information content (AvgIpc) is 2.25. The number of benzene rings is 1. The molecule has 1 rings (SSSR count). The molecule has 8 heteroatoms. The Kier molecular flexibility index (Phi) is 5.27. The number of rotatable bonds is 6. The highest BCUT2D eigenvalue weighted by atomic mass is 35.5. The van der Waals surface area contributed by atoms with E-state index in [4.69, 9.17) is 27.9 Å². The predicted octanol–water partition coefficient (Wildman–Crippen LogP) is 1.94. The van der Waals surface area contributed by atoms with Crippen LogP contribution in [0.15, 0.2) is 18.2 Å². The van der Waals surface area contributed by atoms with Crippen LogP contribution in [0.4, 0.5) is 0 Å². The van der Waals surface area contributed by atoms with E-state index in [0.717, 1.165) is 0 Å². The topological polar surface area (TPSA) is 81.8 Å². The van der Waals surface area contributed by atoms with Crippen LogP contribution in [0.1, 0.15) is 0 Å². The van der Waals surface area contributed by atoms with Crippen LogP contribution >= 0.6 is 23.2 Å². The fraction of sp³-hybridized carbons (Fsp3) is 0.333. The molecule has 0 spiro atoms. The van der Waals surface area contributed by atoms with Gasteiger partial charge in [-0.15, -0.1) is 10.1 Å². The summed E-state index contributed by atoms with van der Waals surface area (Å²) < 4.78 is 5.15. The zero-order valence-electron chi connectivity index (χ0n) is 8.51. The summed E-state index contributed by atoms with van der Waals surface area (Å²) in [7, 11) is 0. The standard InChI is InChI=1S/C9H9Cl2NO5/c10-7-2-1-3-8(11)9(7)16-4-6(13)5-17-12(14)15/h1-3,6,13H,4-5H2/t6-/m1/s1. The molecule has 1 aromatic rings. The Morgan fingerprint density at radius 1 is 1.35 bits per heavy atom. The van der Waals surface area contributed by atoms with Crippen molar-refractivity contribution in [1.29, 1.82) is 0 Å². The second-order valence-corrected chi connectivity index (χ2v) is 3.85. The molecule has 0 aliphatic heterocycles. The highest BCUT2D eigenvalue weighted by molar-refractivity contribution is 6.37. The van der Waals surface area contributed by atoms with Crippen LogP contribution in [0, 0.1) is 10.1 Å². The van der Waals surface area contributed by atoms with E-state index in [1.807, 2.05) is 0 Å². The number of hydrogen-bond donors (Lipinski definition) is 1. The van der Waals surface area contributed by atoms with Gasteiger partial charge in [-0.3, -0.25) is 0 Å². The average molecular weight is 282 g/mol. The van der Waals surface area contributed by atoms with E-state index in [9.17, 15) is 15.2 Å². The Bertz CT molecular complexity index is 381. The lowest BCUT2D eigenvalue weighted by atomic mass is 10.3. The summed E-state index contributed by atoms with van der Waals surface area (Å²) in [5, 5.41) is 18.8. The van der Waals surface area contributed by atoms with Gasteiger partial charge in [0, 0.05) is 0 Å². The molecule has 0 saturated heterocycles. The molecule has 6 nitrogen and oxygen atoms in total. The van der Waals surface area contributed by atoms with Gasteiger partial charge in [0.25, 0.3) is 5.09 Å². The van der Waals surface area contributed by atoms with Gasteiger partial charge in [0.15, 0.2) is 5.75 Å². The van der Waals surface area contributed by atoms with E-state index in [-0.39, 0.29) is 12.4 Å². The third-order valence-electron chi connectivity index (χ3n) is 1.71. The minimum atomic E-state index is -1.15. The van der Waals surface area contributed by atoms with E-state index < -0.39 is 17.8 Å². The second-order valence-electron chi connectivity index (χ2n) is 3.03. The van der Waals surface area contributed by atoms with E-state index >= 15 is 0 Å². The largest absolute Gasteiger partial charge is 0.488 e. The zero-order valence-corrected chi connectivity index (χ0v) is 10.0. The maximum absolute atomic E-state index is 9.88. The molecule has 0 aliphatic carbocycles. The SMILES string of the molecule is O=[N+]([O-])OC[C@H](O)COc1c(Cl)cccc1Cl. The summed E-state index contributed by atoms with van der Waals surface area (Å²) >= 11 is 11.6. The smallest absolute Gasteiger partial charge is 0.294 e. The van der Waals surface area contributed by atoms with Crippen molar-refractivity contribution < 1.29 is 19.8 Å². The monoisotopic (exact) mass is 281 g/mol. The summed E-state index contributed by atoms with van der Waals surface area (Å²) in [6.45, 7) is -0.688. The van der Waals surface area contributed by atoms with Crippen molar-refractivity contribution in [2.24, 2.45) is 0 Å². The molecule has 0 amide bonds. The van der Waals surface area contributed by atoms with Crippen molar-refractivity contribution >= 4 is 23.2 Å². The minimum absolute atomic E-state index is 0.211. The molecule has 0 heterocycles. The molecule has 0 aromatic heterocycles. The minimum Gasteiger partial charge on any atom is -0.488 e. The van der Waals surface area contributed by atoms with Crippen molar-refractivity contribution in [3.05, 3.63) is 38.4 Å². The molecule has 0 saturated carbocycles. The molecule has 94 valence electrons. The molecule has 0 aliphatic rings. The third kappa shape index (κ3) is 4.64. The number of aliphatic hydroxyl groups excluding tert-OH is 1. The molecule has 1 N–H and O–H groups in total. The van der Waals surface area contributed by atoms with Crippen LogP contribution in [0.2, 0.25) is 10.0 Å². The van der Waals surface area contributed by atoms with Crippen molar-refractivity contribution in [1.82, 2.24) is 0 Å². The maximum Gasteiger partial charge on any atom is 0.294 e. The fourth-order valence-corrected chi connectivity index (χ4v) is 1.50. The van der Waals surface area contributed by atoms with Crippen molar-refractivity contribution in [3.8, 4) is 5.75 Å². The Morgan fingerprint density at radius 2 is 1.94 bits per heavy atom. The van der Waals surface area contributed by atoms with Gasteiger partial charge in [-0.1, -0.05) is 29.3 Å². The summed E-state index contributed by atoms with van der Waals surface area (Å²) in [4.78, 5) is 13.9. The first-order chi connectivity index (χ1) is 8.00. The van der Waals surface area contributed by atoms with Crippen LogP contribution in [0.3, 0.4) is 0 Å². The van der Waals surface area contributed by atoms with E-state index in [0.29, 0.717) is 10.0 Å². The normalized spacial score (nSPS) is 11.9. The first kappa shape index (κ1) is 13.8. The van der Waals surface area contributed by atoms with Crippen molar-refractivity contribution in [2.75, 3.05) is 13.2 Å². The van der Waals surface area contributed by atoms with Crippen LogP contribution in [-0.2, 0) is 4.84 Å². The first-order valence-electron chi connectivity index (χ1n) is 4.53. The highest BCUT2D eigenvalue weighted by Crippen LogP contribution is 2.32. The lowest BCUT2D eigenvalue weighted by molar-refractivity contribution is -0.759. The Hall–Kier alpha value is -1.24. The van der Waals surface area contributed by atoms with Gasteiger partial charge < -0.3 is 14.7 Å². The summed E-state index contributed by atoms with van der Waals surface area (Å²) in [6.07, 6.45) is -1.15. The number of para-hydroxylation sites is 1. The van der Waals surface area contributed by atoms with Gasteiger partial charge in [-0.05, 0) is 12.1 Å². The van der Waals surface area contributed by atoms with Gasteiger partial charge in [0.1, 0.15) is 19.3 Å². The number of nitrogens with zero attached hydrogens (tertiary/aromatic N) is 1. The molecule has 1 atom stereocenters. The Labute approximate surface area is 107 Å². The van der Waals surface area contributed by atoms with Gasteiger partial charge in [0.05, 0.1) is 10.0 Å². The van der Waals surface area contributed by atoms with Gasteiger partial charge in [0.2, 0.25) is 0 Å². The van der Waals surface area contributed by atoms with Gasteiger partial charge in [-0.25, -0.2) is 0 Å². The Morgan fingerprint density at radius 3 is 2.47 bits per heavy atom. The molecule has 0 fully saturated rings. The molecular formula is C9H9Cl2NO5. The Balaban J connectivity index is 2.47. The maximum atomic E-state index is 9.88.